The van der Waals surface area contributed by atoms with Crippen molar-refractivity contribution in [2.45, 2.75) is 27.2 Å². The Balaban J connectivity index is 2.17. The molecular formula is C16H24N4O4. The van der Waals surface area contributed by atoms with Crippen molar-refractivity contribution in [2.75, 3.05) is 25.0 Å². The third-order valence-corrected chi connectivity index (χ3v) is 3.17. The van der Waals surface area contributed by atoms with Crippen molar-refractivity contribution in [1.29, 1.82) is 0 Å². The van der Waals surface area contributed by atoms with Gasteiger partial charge in [0.05, 0.1) is 4.92 Å². The molecule has 1 aromatic carbocycles. The van der Waals surface area contributed by atoms with Crippen LogP contribution in [0.1, 0.15) is 27.2 Å². The van der Waals surface area contributed by atoms with Crippen molar-refractivity contribution in [1.82, 2.24) is 10.6 Å². The van der Waals surface area contributed by atoms with Gasteiger partial charge in [-0.1, -0.05) is 20.8 Å². The Kier molecular flexibility index (Phi) is 7.16. The summed E-state index contributed by atoms with van der Waals surface area (Å²) in [6.07, 6.45) is 0.222. The number of carbonyl (C=O) groups is 2. The van der Waals surface area contributed by atoms with Crippen LogP contribution < -0.4 is 16.0 Å². The zero-order valence-corrected chi connectivity index (χ0v) is 14.2. The van der Waals surface area contributed by atoms with Gasteiger partial charge in [0.2, 0.25) is 11.8 Å². The minimum absolute atomic E-state index is 0.0335. The summed E-state index contributed by atoms with van der Waals surface area (Å²) in [6.45, 7) is 6.66. The molecule has 0 saturated carbocycles. The number of nitro benzene ring substituents is 1. The molecule has 0 aliphatic rings. The Morgan fingerprint density at radius 2 is 1.67 bits per heavy atom. The maximum absolute atomic E-state index is 11.6. The molecular weight excluding hydrogens is 312 g/mol. The molecule has 0 atom stereocenters. The van der Waals surface area contributed by atoms with E-state index in [0.717, 1.165) is 5.69 Å². The van der Waals surface area contributed by atoms with Crippen molar-refractivity contribution in [3.8, 4) is 0 Å². The van der Waals surface area contributed by atoms with Gasteiger partial charge in [0.25, 0.3) is 5.69 Å². The third-order valence-electron chi connectivity index (χ3n) is 3.17. The number of nitro groups is 1. The van der Waals surface area contributed by atoms with Gasteiger partial charge < -0.3 is 16.0 Å². The summed E-state index contributed by atoms with van der Waals surface area (Å²) in [5.41, 5.74) is 0.309. The molecule has 0 radical (unpaired) electrons. The van der Waals surface area contributed by atoms with Gasteiger partial charge in [-0.15, -0.1) is 0 Å². The molecule has 8 nitrogen and oxygen atoms in total. The van der Waals surface area contributed by atoms with Crippen LogP contribution in [-0.2, 0) is 9.59 Å². The minimum Gasteiger partial charge on any atom is -0.383 e. The number of benzene rings is 1. The van der Waals surface area contributed by atoms with Gasteiger partial charge in [-0.3, -0.25) is 19.7 Å². The molecule has 1 rings (SSSR count). The summed E-state index contributed by atoms with van der Waals surface area (Å²) in [6, 6.07) is 6.06. The van der Waals surface area contributed by atoms with Gasteiger partial charge in [0.15, 0.2) is 0 Å². The highest BCUT2D eigenvalue weighted by Crippen LogP contribution is 2.15. The van der Waals surface area contributed by atoms with E-state index in [1.165, 1.54) is 12.1 Å². The molecule has 0 unspecified atom stereocenters. The van der Waals surface area contributed by atoms with Gasteiger partial charge in [-0.25, -0.2) is 0 Å². The van der Waals surface area contributed by atoms with Crippen LogP contribution >= 0.6 is 0 Å². The first kappa shape index (κ1) is 19.4. The second-order valence-electron chi connectivity index (χ2n) is 6.34. The van der Waals surface area contributed by atoms with Crippen molar-refractivity contribution < 1.29 is 14.5 Å². The lowest BCUT2D eigenvalue weighted by molar-refractivity contribution is -0.384. The van der Waals surface area contributed by atoms with E-state index in [9.17, 15) is 19.7 Å². The quantitative estimate of drug-likeness (QED) is 0.380. The van der Waals surface area contributed by atoms with Gasteiger partial charge in [-0.05, 0) is 12.1 Å². The van der Waals surface area contributed by atoms with E-state index in [2.05, 4.69) is 16.0 Å². The van der Waals surface area contributed by atoms with Crippen LogP contribution in [0, 0.1) is 15.5 Å². The molecule has 3 N–H and O–H groups in total. The molecule has 0 spiro atoms. The minimum atomic E-state index is -0.467. The van der Waals surface area contributed by atoms with Crippen LogP contribution in [0.4, 0.5) is 11.4 Å². The Morgan fingerprint density at radius 1 is 1.04 bits per heavy atom. The van der Waals surface area contributed by atoms with E-state index < -0.39 is 10.3 Å². The highest BCUT2D eigenvalue weighted by atomic mass is 16.6. The lowest BCUT2D eigenvalue weighted by Crippen LogP contribution is -2.37. The number of amides is 2. The Labute approximate surface area is 141 Å². The molecule has 0 aromatic heterocycles. The van der Waals surface area contributed by atoms with Gasteiger partial charge in [-0.2, -0.15) is 0 Å². The number of hydrogen-bond donors (Lipinski definition) is 3. The maximum Gasteiger partial charge on any atom is 0.269 e. The van der Waals surface area contributed by atoms with Gasteiger partial charge >= 0.3 is 0 Å². The van der Waals surface area contributed by atoms with Crippen molar-refractivity contribution in [3.05, 3.63) is 34.4 Å². The summed E-state index contributed by atoms with van der Waals surface area (Å²) in [7, 11) is 0. The predicted molar refractivity (Wildman–Crippen MR) is 91.7 cm³/mol. The first-order valence-electron chi connectivity index (χ1n) is 7.73. The highest BCUT2D eigenvalue weighted by Gasteiger charge is 2.20. The zero-order valence-electron chi connectivity index (χ0n) is 14.2. The molecule has 0 heterocycles. The fourth-order valence-electron chi connectivity index (χ4n) is 1.75. The van der Waals surface area contributed by atoms with Crippen LogP contribution in [0.3, 0.4) is 0 Å². The maximum atomic E-state index is 11.6. The highest BCUT2D eigenvalue weighted by molar-refractivity contribution is 5.82. The van der Waals surface area contributed by atoms with Crippen molar-refractivity contribution in [2.24, 2.45) is 5.41 Å². The average Bonchev–Trinajstić information content (AvgIpc) is 2.51. The molecule has 0 saturated heterocycles. The number of rotatable bonds is 8. The summed E-state index contributed by atoms with van der Waals surface area (Å²) >= 11 is 0. The van der Waals surface area contributed by atoms with Gasteiger partial charge in [0, 0.05) is 49.3 Å². The average molecular weight is 336 g/mol. The predicted octanol–water partition coefficient (Wildman–Crippen LogP) is 1.68. The fourth-order valence-corrected chi connectivity index (χ4v) is 1.75. The van der Waals surface area contributed by atoms with Crippen molar-refractivity contribution >= 4 is 23.2 Å². The number of non-ortho nitro benzene ring substituents is 1. The molecule has 2 amide bonds. The monoisotopic (exact) mass is 336 g/mol. The normalized spacial score (nSPS) is 10.8. The summed E-state index contributed by atoms with van der Waals surface area (Å²) < 4.78 is 0. The molecule has 0 aliphatic carbocycles. The zero-order chi connectivity index (χ0) is 18.2. The van der Waals surface area contributed by atoms with Crippen LogP contribution in [0.25, 0.3) is 0 Å². The van der Waals surface area contributed by atoms with E-state index in [-0.39, 0.29) is 23.9 Å². The number of carbonyl (C=O) groups excluding carboxylic acids is 2. The van der Waals surface area contributed by atoms with E-state index in [0.29, 0.717) is 19.6 Å². The summed E-state index contributed by atoms with van der Waals surface area (Å²) in [5.74, 6) is -0.232. The largest absolute Gasteiger partial charge is 0.383 e. The molecule has 0 bridgehead atoms. The molecule has 132 valence electrons. The lowest BCUT2D eigenvalue weighted by Gasteiger charge is -2.17. The van der Waals surface area contributed by atoms with Crippen LogP contribution in [0.5, 0.6) is 0 Å². The Morgan fingerprint density at radius 3 is 2.21 bits per heavy atom. The standard InChI is InChI=1S/C16H24N4O4/c1-16(2,3)15(22)19-9-8-14(21)18-11-10-17-12-4-6-13(7-5-12)20(23)24/h4-7,17H,8-11H2,1-3H3,(H,18,21)(H,19,22). The van der Waals surface area contributed by atoms with Crippen molar-refractivity contribution in [3.63, 3.8) is 0 Å². The van der Waals surface area contributed by atoms with E-state index in [4.69, 9.17) is 0 Å². The topological polar surface area (TPSA) is 113 Å². The smallest absolute Gasteiger partial charge is 0.269 e. The second kappa shape index (κ2) is 8.85. The molecule has 0 aliphatic heterocycles. The summed E-state index contributed by atoms with van der Waals surface area (Å²) in [4.78, 5) is 33.4. The Hall–Kier alpha value is -2.64. The van der Waals surface area contributed by atoms with Crippen LogP contribution in [0.2, 0.25) is 0 Å². The third kappa shape index (κ3) is 7.08. The van der Waals surface area contributed by atoms with Gasteiger partial charge in [0.1, 0.15) is 0 Å². The number of nitrogens with zero attached hydrogens (tertiary/aromatic N) is 1. The molecule has 24 heavy (non-hydrogen) atoms. The first-order chi connectivity index (χ1) is 11.2. The van der Waals surface area contributed by atoms with E-state index in [1.54, 1.807) is 12.1 Å². The number of nitrogens with one attached hydrogen (secondary N) is 3. The van der Waals surface area contributed by atoms with E-state index >= 15 is 0 Å². The molecule has 8 heteroatoms. The second-order valence-corrected chi connectivity index (χ2v) is 6.34. The molecule has 1 aromatic rings. The lowest BCUT2D eigenvalue weighted by atomic mass is 9.96. The van der Waals surface area contributed by atoms with Crippen LogP contribution in [-0.4, -0.2) is 36.4 Å². The van der Waals surface area contributed by atoms with E-state index in [1.807, 2.05) is 20.8 Å². The van der Waals surface area contributed by atoms with Crippen LogP contribution in [0.15, 0.2) is 24.3 Å². The molecule has 0 fully saturated rings. The number of hydrogen-bond acceptors (Lipinski definition) is 5. The Bertz CT molecular complexity index is 579. The fraction of sp³-hybridized carbons (Fsp3) is 0.500. The number of anilines is 1. The first-order valence-corrected chi connectivity index (χ1v) is 7.73. The SMILES string of the molecule is CC(C)(C)C(=O)NCCC(=O)NCCNc1ccc([N+](=O)[O-])cc1. The summed E-state index contributed by atoms with van der Waals surface area (Å²) in [5, 5.41) is 19.0.